The number of para-hydroxylation sites is 2. The van der Waals surface area contributed by atoms with Crippen LogP contribution < -0.4 is 15.5 Å². The fourth-order valence-electron chi connectivity index (χ4n) is 3.85. The first kappa shape index (κ1) is 15.7. The Morgan fingerprint density at radius 3 is 2.80 bits per heavy atom. The Hall–Kier alpha value is -2.82. The van der Waals surface area contributed by atoms with Crippen molar-refractivity contribution in [2.24, 2.45) is 0 Å². The second-order valence-electron chi connectivity index (χ2n) is 6.77. The number of nitrogens with one attached hydrogen (secondary N) is 2. The summed E-state index contributed by atoms with van der Waals surface area (Å²) in [6.45, 7) is 2.51. The van der Waals surface area contributed by atoms with Crippen LogP contribution in [0.1, 0.15) is 30.4 Å². The van der Waals surface area contributed by atoms with Crippen LogP contribution in [0, 0.1) is 0 Å². The Morgan fingerprint density at radius 1 is 1.16 bits per heavy atom. The van der Waals surface area contributed by atoms with E-state index in [9.17, 15) is 9.59 Å². The van der Waals surface area contributed by atoms with Gasteiger partial charge >= 0.3 is 6.03 Å². The molecule has 2 aliphatic rings. The molecule has 0 aliphatic carbocycles. The third kappa shape index (κ3) is 2.86. The molecular formula is C20H21N3O2. The van der Waals surface area contributed by atoms with Crippen molar-refractivity contribution in [2.45, 2.75) is 31.7 Å². The van der Waals surface area contributed by atoms with Gasteiger partial charge in [-0.05, 0) is 36.6 Å². The molecule has 0 bridgehead atoms. The zero-order valence-electron chi connectivity index (χ0n) is 14.2. The highest BCUT2D eigenvalue weighted by molar-refractivity contribution is 5.96. The summed E-state index contributed by atoms with van der Waals surface area (Å²) in [5, 5.41) is 5.92. The van der Waals surface area contributed by atoms with Gasteiger partial charge in [0.2, 0.25) is 5.91 Å². The molecule has 2 atom stereocenters. The minimum absolute atomic E-state index is 0.00190. The van der Waals surface area contributed by atoms with Crippen LogP contribution in [0.2, 0.25) is 0 Å². The van der Waals surface area contributed by atoms with Crippen molar-refractivity contribution in [2.75, 3.05) is 16.8 Å². The van der Waals surface area contributed by atoms with Gasteiger partial charge in [0.25, 0.3) is 0 Å². The van der Waals surface area contributed by atoms with Gasteiger partial charge in [0, 0.05) is 36.3 Å². The Morgan fingerprint density at radius 2 is 1.92 bits per heavy atom. The first-order chi connectivity index (χ1) is 12.1. The van der Waals surface area contributed by atoms with Crippen molar-refractivity contribution in [1.29, 1.82) is 0 Å². The van der Waals surface area contributed by atoms with Crippen LogP contribution in [0.25, 0.3) is 0 Å². The normalized spacial score (nSPS) is 21.3. The molecule has 2 aliphatic heterocycles. The Balaban J connectivity index is 1.49. The van der Waals surface area contributed by atoms with Gasteiger partial charge in [-0.25, -0.2) is 4.79 Å². The number of hydrogen-bond acceptors (Lipinski definition) is 2. The number of benzene rings is 2. The number of nitrogens with zero attached hydrogens (tertiary/aromatic N) is 1. The molecule has 25 heavy (non-hydrogen) atoms. The van der Waals surface area contributed by atoms with E-state index in [-0.39, 0.29) is 23.9 Å². The molecule has 0 aromatic heterocycles. The highest BCUT2D eigenvalue weighted by atomic mass is 16.2. The molecule has 0 fully saturated rings. The van der Waals surface area contributed by atoms with E-state index in [4.69, 9.17) is 0 Å². The van der Waals surface area contributed by atoms with Crippen LogP contribution in [0.15, 0.2) is 48.5 Å². The molecule has 5 heteroatoms. The lowest BCUT2D eigenvalue weighted by molar-refractivity contribution is -0.116. The molecular weight excluding hydrogens is 314 g/mol. The van der Waals surface area contributed by atoms with E-state index in [2.05, 4.69) is 23.6 Å². The van der Waals surface area contributed by atoms with Gasteiger partial charge in [-0.2, -0.15) is 0 Å². The van der Waals surface area contributed by atoms with Crippen LogP contribution in [0.4, 0.5) is 16.2 Å². The van der Waals surface area contributed by atoms with Gasteiger partial charge < -0.3 is 10.6 Å². The van der Waals surface area contributed by atoms with E-state index < -0.39 is 0 Å². The Labute approximate surface area is 147 Å². The molecule has 0 radical (unpaired) electrons. The van der Waals surface area contributed by atoms with Crippen molar-refractivity contribution in [3.8, 4) is 0 Å². The van der Waals surface area contributed by atoms with Gasteiger partial charge in [0.1, 0.15) is 0 Å². The average molecular weight is 335 g/mol. The third-order valence-corrected chi connectivity index (χ3v) is 5.03. The van der Waals surface area contributed by atoms with Crippen molar-refractivity contribution < 1.29 is 9.59 Å². The zero-order chi connectivity index (χ0) is 17.4. The monoisotopic (exact) mass is 335 g/mol. The highest BCUT2D eigenvalue weighted by Gasteiger charge is 2.31. The van der Waals surface area contributed by atoms with Gasteiger partial charge in [0.15, 0.2) is 0 Å². The van der Waals surface area contributed by atoms with Crippen molar-refractivity contribution >= 4 is 23.3 Å². The van der Waals surface area contributed by atoms with Crippen molar-refractivity contribution in [1.82, 2.24) is 5.32 Å². The van der Waals surface area contributed by atoms with E-state index in [1.54, 1.807) is 0 Å². The number of fused-ring (bicyclic) bond motifs is 2. The lowest BCUT2D eigenvalue weighted by atomic mass is 9.90. The summed E-state index contributed by atoms with van der Waals surface area (Å²) < 4.78 is 0. The molecule has 2 aromatic rings. The summed E-state index contributed by atoms with van der Waals surface area (Å²) in [6, 6.07) is 15.8. The van der Waals surface area contributed by atoms with Gasteiger partial charge in [-0.3, -0.25) is 9.69 Å². The summed E-state index contributed by atoms with van der Waals surface area (Å²) in [5.41, 5.74) is 4.11. The van der Waals surface area contributed by atoms with Gasteiger partial charge in [0.05, 0.1) is 0 Å². The summed E-state index contributed by atoms with van der Waals surface area (Å²) in [4.78, 5) is 26.5. The molecule has 128 valence electrons. The number of urea groups is 1. The summed E-state index contributed by atoms with van der Waals surface area (Å²) in [5.74, 6) is -0.000104. The molecule has 0 unspecified atom stereocenters. The van der Waals surface area contributed by atoms with Crippen LogP contribution in [0.5, 0.6) is 0 Å². The SMILES string of the molecule is C[C@H]1Cc2ccccc2N1C(=O)NC[C@@H]1CC(=O)Nc2ccccc21. The largest absolute Gasteiger partial charge is 0.337 e. The molecule has 2 heterocycles. The second kappa shape index (κ2) is 6.24. The topological polar surface area (TPSA) is 61.4 Å². The predicted octanol–water partition coefficient (Wildman–Crippen LogP) is 3.27. The number of hydrogen-bond donors (Lipinski definition) is 2. The van der Waals surface area contributed by atoms with Crippen LogP contribution in [-0.4, -0.2) is 24.5 Å². The standard InChI is InChI=1S/C20H21N3O2/c1-13-10-14-6-2-5-9-18(14)23(13)20(25)21-12-15-11-19(24)22-17-8-4-3-7-16(15)17/h2-9,13,15H,10-12H2,1H3,(H,21,25)(H,22,24)/t13-,15-/m0/s1. The van der Waals surface area contributed by atoms with Crippen molar-refractivity contribution in [3.05, 3.63) is 59.7 Å². The van der Waals surface area contributed by atoms with Gasteiger partial charge in [-0.15, -0.1) is 0 Å². The fourth-order valence-corrected chi connectivity index (χ4v) is 3.85. The maximum atomic E-state index is 12.8. The number of carbonyl (C=O) groups excluding carboxylic acids is 2. The molecule has 0 spiro atoms. The van der Waals surface area contributed by atoms with E-state index in [1.807, 2.05) is 47.4 Å². The first-order valence-electron chi connectivity index (χ1n) is 8.67. The van der Waals surface area contributed by atoms with Crippen LogP contribution in [-0.2, 0) is 11.2 Å². The lowest BCUT2D eigenvalue weighted by Gasteiger charge is -2.28. The van der Waals surface area contributed by atoms with Gasteiger partial charge in [-0.1, -0.05) is 36.4 Å². The molecule has 0 saturated carbocycles. The summed E-state index contributed by atoms with van der Waals surface area (Å²) in [7, 11) is 0. The molecule has 0 saturated heterocycles. The lowest BCUT2D eigenvalue weighted by Crippen LogP contribution is -2.45. The minimum Gasteiger partial charge on any atom is -0.337 e. The molecule has 3 amide bonds. The maximum absolute atomic E-state index is 12.8. The first-order valence-corrected chi connectivity index (χ1v) is 8.67. The van der Waals surface area contributed by atoms with E-state index in [1.165, 1.54) is 5.56 Å². The average Bonchev–Trinajstić information content (AvgIpc) is 2.95. The third-order valence-electron chi connectivity index (χ3n) is 5.03. The smallest absolute Gasteiger partial charge is 0.322 e. The van der Waals surface area contributed by atoms with Crippen molar-refractivity contribution in [3.63, 3.8) is 0 Å². The zero-order valence-corrected chi connectivity index (χ0v) is 14.2. The van der Waals surface area contributed by atoms with E-state index >= 15 is 0 Å². The second-order valence-corrected chi connectivity index (χ2v) is 6.77. The molecule has 5 nitrogen and oxygen atoms in total. The maximum Gasteiger partial charge on any atom is 0.322 e. The minimum atomic E-state index is -0.0964. The molecule has 2 aromatic carbocycles. The van der Waals surface area contributed by atoms with Crippen LogP contribution in [0.3, 0.4) is 0 Å². The quantitative estimate of drug-likeness (QED) is 0.885. The summed E-state index contributed by atoms with van der Waals surface area (Å²) in [6.07, 6.45) is 1.27. The Bertz CT molecular complexity index is 833. The fraction of sp³-hybridized carbons (Fsp3) is 0.300. The number of anilines is 2. The number of rotatable bonds is 2. The predicted molar refractivity (Wildman–Crippen MR) is 97.9 cm³/mol. The molecule has 2 N–H and O–H groups in total. The van der Waals surface area contributed by atoms with E-state index in [0.717, 1.165) is 23.4 Å². The number of carbonyl (C=O) groups is 2. The van der Waals surface area contributed by atoms with Crippen LogP contribution >= 0.6 is 0 Å². The summed E-state index contributed by atoms with van der Waals surface area (Å²) >= 11 is 0. The molecule has 4 rings (SSSR count). The highest BCUT2D eigenvalue weighted by Crippen LogP contribution is 2.33. The van der Waals surface area contributed by atoms with E-state index in [0.29, 0.717) is 13.0 Å². The number of amides is 3. The Kier molecular flexibility index (Phi) is 3.92.